The molecule has 0 bridgehead atoms. The van der Waals surface area contributed by atoms with Gasteiger partial charge in [0.15, 0.2) is 5.82 Å². The quantitative estimate of drug-likeness (QED) is 0.279. The number of hydrogen-bond donors (Lipinski definition) is 4. The van der Waals surface area contributed by atoms with Gasteiger partial charge in [-0.1, -0.05) is 53.5 Å². The molecule has 1 aliphatic heterocycles. The third-order valence-electron chi connectivity index (χ3n) is 6.90. The molecular weight excluding hydrogens is 499 g/mol. The Hall–Kier alpha value is -1.85. The minimum absolute atomic E-state index is 0. The zero-order chi connectivity index (χ0) is 27.8. The first kappa shape index (κ1) is 32.4. The van der Waals surface area contributed by atoms with Gasteiger partial charge in [0, 0.05) is 45.7 Å². The lowest BCUT2D eigenvalue weighted by atomic mass is 10.0. The van der Waals surface area contributed by atoms with E-state index in [-0.39, 0.29) is 12.0 Å². The van der Waals surface area contributed by atoms with Crippen LogP contribution in [0.25, 0.3) is 0 Å². The van der Waals surface area contributed by atoms with Crippen LogP contribution in [0.5, 0.6) is 0 Å². The van der Waals surface area contributed by atoms with Gasteiger partial charge in [-0.05, 0) is 44.0 Å². The van der Waals surface area contributed by atoms with Crippen molar-refractivity contribution in [3.63, 3.8) is 0 Å². The molecule has 1 aliphatic carbocycles. The average molecular weight is 551 g/mol. The van der Waals surface area contributed by atoms with Gasteiger partial charge in [-0.2, -0.15) is 0 Å². The Morgan fingerprint density at radius 3 is 2.42 bits per heavy atom. The predicted octanol–water partition coefficient (Wildman–Crippen LogP) is 5.24. The zero-order valence-electron chi connectivity index (χ0n) is 24.0. The SMILES string of the molecule is CC.CCN(CC)CCNCc1ccc(Nc2ncc(F)c(C3(CC)CNCS3)n2)nc1.NC1CCCC1.[HH]. The first-order valence-corrected chi connectivity index (χ1v) is 15.3. The highest BCUT2D eigenvalue weighted by Gasteiger charge is 2.39. The lowest BCUT2D eigenvalue weighted by Gasteiger charge is -2.25. The summed E-state index contributed by atoms with van der Waals surface area (Å²) in [5, 5.41) is 9.85. The lowest BCUT2D eigenvalue weighted by molar-refractivity contribution is 0.302. The van der Waals surface area contributed by atoms with E-state index in [2.05, 4.69) is 56.6 Å². The van der Waals surface area contributed by atoms with Crippen molar-refractivity contribution in [1.82, 2.24) is 30.5 Å². The number of aromatic nitrogens is 3. The second-order valence-corrected chi connectivity index (χ2v) is 10.7. The molecule has 1 atom stereocenters. The van der Waals surface area contributed by atoms with E-state index in [9.17, 15) is 4.39 Å². The Labute approximate surface area is 235 Å². The second-order valence-electron chi connectivity index (χ2n) is 9.38. The van der Waals surface area contributed by atoms with E-state index < -0.39 is 0 Å². The molecule has 0 aromatic carbocycles. The highest BCUT2D eigenvalue weighted by atomic mass is 32.2. The minimum Gasteiger partial charge on any atom is -0.328 e. The molecule has 5 N–H and O–H groups in total. The minimum atomic E-state index is -0.363. The van der Waals surface area contributed by atoms with Crippen molar-refractivity contribution in [3.8, 4) is 0 Å². The van der Waals surface area contributed by atoms with Gasteiger partial charge in [0.1, 0.15) is 5.82 Å². The van der Waals surface area contributed by atoms with Crippen molar-refractivity contribution in [1.29, 1.82) is 0 Å². The largest absolute Gasteiger partial charge is 0.328 e. The van der Waals surface area contributed by atoms with Gasteiger partial charge in [0.05, 0.1) is 16.6 Å². The van der Waals surface area contributed by atoms with Crippen LogP contribution in [0.15, 0.2) is 24.5 Å². The van der Waals surface area contributed by atoms with Gasteiger partial charge < -0.3 is 26.6 Å². The third-order valence-corrected chi connectivity index (χ3v) is 8.43. The molecule has 2 aromatic rings. The van der Waals surface area contributed by atoms with E-state index in [1.807, 2.05) is 32.2 Å². The Kier molecular flexibility index (Phi) is 15.1. The molecule has 2 fully saturated rings. The highest BCUT2D eigenvalue weighted by molar-refractivity contribution is 8.00. The Morgan fingerprint density at radius 1 is 1.16 bits per heavy atom. The van der Waals surface area contributed by atoms with E-state index in [4.69, 9.17) is 5.73 Å². The molecule has 1 saturated heterocycles. The summed E-state index contributed by atoms with van der Waals surface area (Å²) in [4.78, 5) is 15.4. The van der Waals surface area contributed by atoms with Crippen LogP contribution in [0.1, 0.15) is 79.4 Å². The maximum atomic E-state index is 14.5. The van der Waals surface area contributed by atoms with E-state index in [1.165, 1.54) is 31.9 Å². The van der Waals surface area contributed by atoms with Crippen LogP contribution in [0.4, 0.5) is 16.2 Å². The molecule has 38 heavy (non-hydrogen) atoms. The number of nitrogens with zero attached hydrogens (tertiary/aromatic N) is 4. The normalized spacial score (nSPS) is 19.1. The fourth-order valence-corrected chi connectivity index (χ4v) is 5.64. The van der Waals surface area contributed by atoms with Crippen LogP contribution in [0.3, 0.4) is 0 Å². The summed E-state index contributed by atoms with van der Waals surface area (Å²) in [6, 6.07) is 4.47. The van der Waals surface area contributed by atoms with E-state index in [0.717, 1.165) is 50.6 Å². The zero-order valence-corrected chi connectivity index (χ0v) is 24.8. The maximum absolute atomic E-state index is 14.5. The summed E-state index contributed by atoms with van der Waals surface area (Å²) in [7, 11) is 0. The summed E-state index contributed by atoms with van der Waals surface area (Å²) < 4.78 is 14.1. The summed E-state index contributed by atoms with van der Waals surface area (Å²) in [6.45, 7) is 16.0. The van der Waals surface area contributed by atoms with Crippen LogP contribution >= 0.6 is 11.8 Å². The van der Waals surface area contributed by atoms with E-state index >= 15 is 0 Å². The second kappa shape index (κ2) is 17.7. The molecule has 0 spiro atoms. The van der Waals surface area contributed by atoms with Crippen molar-refractivity contribution >= 4 is 23.5 Å². The van der Waals surface area contributed by atoms with Crippen LogP contribution in [-0.4, -0.2) is 64.5 Å². The van der Waals surface area contributed by atoms with E-state index in [1.54, 1.807) is 11.8 Å². The molecule has 2 aliphatic rings. The Balaban J connectivity index is 0.000000734. The van der Waals surface area contributed by atoms with Crippen LogP contribution in [-0.2, 0) is 11.3 Å². The first-order chi connectivity index (χ1) is 18.5. The Morgan fingerprint density at radius 2 is 1.89 bits per heavy atom. The van der Waals surface area contributed by atoms with Gasteiger partial charge in [-0.25, -0.2) is 19.3 Å². The molecule has 1 saturated carbocycles. The van der Waals surface area contributed by atoms with Gasteiger partial charge in [0.25, 0.3) is 0 Å². The fraction of sp³-hybridized carbons (Fsp3) is 0.679. The number of pyridine rings is 1. The molecule has 10 heteroatoms. The number of thioether (sulfide) groups is 1. The number of rotatable bonds is 11. The lowest BCUT2D eigenvalue weighted by Crippen LogP contribution is -2.31. The summed E-state index contributed by atoms with van der Waals surface area (Å²) in [6.07, 6.45) is 9.13. The van der Waals surface area contributed by atoms with E-state index in [0.29, 0.717) is 30.0 Å². The molecule has 8 nitrogen and oxygen atoms in total. The monoisotopic (exact) mass is 550 g/mol. The molecule has 3 heterocycles. The highest BCUT2D eigenvalue weighted by Crippen LogP contribution is 2.42. The van der Waals surface area contributed by atoms with Crippen molar-refractivity contribution in [2.24, 2.45) is 5.73 Å². The standard InChI is InChI=1S/C21H32FN7S.C5H11N.C2H6.H2/c1-4-21(14-24-15-30-21)19-17(22)13-26-20(28-19)27-18-8-7-16(12-25-18)11-23-9-10-29(5-2)6-3;6-5-3-1-2-4-5;1-2;/h7-8,12-13,23-24H,4-6,9-11,14-15H2,1-3H3,(H,25,26,27,28);5H,1-4,6H2;1-2H3;1H. The number of hydrogen-bond acceptors (Lipinski definition) is 9. The van der Waals surface area contributed by atoms with Crippen molar-refractivity contribution in [2.75, 3.05) is 43.9 Å². The summed E-state index contributed by atoms with van der Waals surface area (Å²) in [5.74, 6) is 1.44. The molecule has 4 rings (SSSR count). The molecule has 0 amide bonds. The van der Waals surface area contributed by atoms with Gasteiger partial charge in [-0.3, -0.25) is 0 Å². The molecule has 0 radical (unpaired) electrons. The predicted molar refractivity (Wildman–Crippen MR) is 161 cm³/mol. The third kappa shape index (κ3) is 10.0. The number of nitrogens with one attached hydrogen (secondary N) is 3. The van der Waals surface area contributed by atoms with Gasteiger partial charge in [-0.15, -0.1) is 11.8 Å². The van der Waals surface area contributed by atoms with Crippen LogP contribution in [0, 0.1) is 5.82 Å². The van der Waals surface area contributed by atoms with Crippen LogP contribution < -0.4 is 21.7 Å². The number of nitrogens with two attached hydrogens (primary N) is 1. The van der Waals surface area contributed by atoms with Crippen molar-refractivity contribution < 1.29 is 5.82 Å². The number of anilines is 2. The smallest absolute Gasteiger partial charge is 0.228 e. The van der Waals surface area contributed by atoms with Gasteiger partial charge in [0.2, 0.25) is 5.95 Å². The Bertz CT molecular complexity index is 905. The topological polar surface area (TPSA) is 104 Å². The van der Waals surface area contributed by atoms with Gasteiger partial charge >= 0.3 is 0 Å². The molecular formula is C28H51FN8S. The molecule has 1 unspecified atom stereocenters. The van der Waals surface area contributed by atoms with Crippen molar-refractivity contribution in [2.45, 2.75) is 84.1 Å². The van der Waals surface area contributed by atoms with Crippen LogP contribution in [0.2, 0.25) is 0 Å². The average Bonchev–Trinajstić information content (AvgIpc) is 3.64. The molecule has 2 aromatic heterocycles. The summed E-state index contributed by atoms with van der Waals surface area (Å²) in [5.41, 5.74) is 7.10. The molecule has 216 valence electrons. The van der Waals surface area contributed by atoms with Crippen molar-refractivity contribution in [3.05, 3.63) is 41.6 Å². The number of halogens is 1. The first-order valence-electron chi connectivity index (χ1n) is 14.3. The maximum Gasteiger partial charge on any atom is 0.228 e. The number of likely N-dealkylation sites (N-methyl/N-ethyl adjacent to an activating group) is 1. The summed E-state index contributed by atoms with van der Waals surface area (Å²) >= 11 is 1.69. The fourth-order valence-electron chi connectivity index (χ4n) is 4.47.